The van der Waals surface area contributed by atoms with Crippen LogP contribution in [0.4, 0.5) is 11.4 Å². The number of nitrogens with one attached hydrogen (secondary N) is 2. The molecule has 4 aromatic carbocycles. The third kappa shape index (κ3) is 3.93. The van der Waals surface area contributed by atoms with E-state index in [9.17, 15) is 19.8 Å². The molecular formula is C24H18N2O4. The first-order valence-electron chi connectivity index (χ1n) is 9.24. The van der Waals surface area contributed by atoms with E-state index >= 15 is 0 Å². The average molecular weight is 398 g/mol. The molecule has 6 nitrogen and oxygen atoms in total. The van der Waals surface area contributed by atoms with Gasteiger partial charge in [0, 0.05) is 11.4 Å². The molecule has 0 aliphatic heterocycles. The Kier molecular flexibility index (Phi) is 5.05. The van der Waals surface area contributed by atoms with Gasteiger partial charge in [-0.2, -0.15) is 0 Å². The minimum Gasteiger partial charge on any atom is -0.507 e. The highest BCUT2D eigenvalue weighted by molar-refractivity contribution is 6.11. The number of anilines is 2. The maximum Gasteiger partial charge on any atom is 0.259 e. The second-order valence-corrected chi connectivity index (χ2v) is 6.73. The van der Waals surface area contributed by atoms with Crippen LogP contribution in [0, 0.1) is 0 Å². The number of para-hydroxylation sites is 2. The van der Waals surface area contributed by atoms with Crippen LogP contribution in [-0.2, 0) is 0 Å². The molecule has 0 saturated carbocycles. The normalized spacial score (nSPS) is 10.5. The molecule has 0 aliphatic carbocycles. The predicted molar refractivity (Wildman–Crippen MR) is 116 cm³/mol. The average Bonchev–Trinajstić information content (AvgIpc) is 2.74. The minimum absolute atomic E-state index is 0.0623. The first-order chi connectivity index (χ1) is 14.5. The van der Waals surface area contributed by atoms with E-state index in [-0.39, 0.29) is 22.6 Å². The summed E-state index contributed by atoms with van der Waals surface area (Å²) in [5.74, 6) is -1.41. The second kappa shape index (κ2) is 7.97. The van der Waals surface area contributed by atoms with Crippen LogP contribution in [0.15, 0.2) is 84.9 Å². The molecule has 0 bridgehead atoms. The Morgan fingerprint density at radius 1 is 0.567 bits per heavy atom. The second-order valence-electron chi connectivity index (χ2n) is 6.73. The first-order valence-corrected chi connectivity index (χ1v) is 9.24. The van der Waals surface area contributed by atoms with Gasteiger partial charge < -0.3 is 20.8 Å². The number of amides is 2. The van der Waals surface area contributed by atoms with E-state index in [0.717, 1.165) is 0 Å². The van der Waals surface area contributed by atoms with E-state index in [4.69, 9.17) is 0 Å². The molecule has 30 heavy (non-hydrogen) atoms. The zero-order valence-electron chi connectivity index (χ0n) is 15.8. The molecule has 0 heterocycles. The zero-order chi connectivity index (χ0) is 21.1. The molecule has 6 heteroatoms. The molecule has 4 aromatic rings. The number of carbonyl (C=O) groups excluding carboxylic acids is 2. The molecule has 4 N–H and O–H groups in total. The predicted octanol–water partition coefficient (Wildman–Crippen LogP) is 4.76. The molecule has 0 fully saturated rings. The molecular weight excluding hydrogens is 380 g/mol. The lowest BCUT2D eigenvalue weighted by Gasteiger charge is -2.11. The number of aromatic hydroxyl groups is 2. The maximum atomic E-state index is 12.5. The third-order valence-electron chi connectivity index (χ3n) is 4.62. The molecule has 0 unspecified atom stereocenters. The van der Waals surface area contributed by atoms with Gasteiger partial charge in [-0.3, -0.25) is 9.59 Å². The van der Waals surface area contributed by atoms with Crippen LogP contribution < -0.4 is 10.6 Å². The van der Waals surface area contributed by atoms with E-state index in [0.29, 0.717) is 22.1 Å². The van der Waals surface area contributed by atoms with Gasteiger partial charge >= 0.3 is 0 Å². The molecule has 0 spiro atoms. The summed E-state index contributed by atoms with van der Waals surface area (Å²) < 4.78 is 0. The van der Waals surface area contributed by atoms with Gasteiger partial charge in [0.2, 0.25) is 0 Å². The molecule has 0 aliphatic rings. The quantitative estimate of drug-likeness (QED) is 0.398. The van der Waals surface area contributed by atoms with Gasteiger partial charge in [0.1, 0.15) is 11.5 Å². The minimum atomic E-state index is -0.481. The summed E-state index contributed by atoms with van der Waals surface area (Å²) >= 11 is 0. The lowest BCUT2D eigenvalue weighted by Crippen LogP contribution is -2.13. The van der Waals surface area contributed by atoms with Crippen molar-refractivity contribution in [3.63, 3.8) is 0 Å². The summed E-state index contributed by atoms with van der Waals surface area (Å²) in [5.41, 5.74) is 1.31. The Labute approximate surface area is 172 Å². The van der Waals surface area contributed by atoms with Gasteiger partial charge in [-0.25, -0.2) is 0 Å². The number of fused-ring (bicyclic) bond motifs is 1. The number of phenols is 2. The van der Waals surface area contributed by atoms with Crippen molar-refractivity contribution in [3.8, 4) is 11.5 Å². The largest absolute Gasteiger partial charge is 0.507 e. The standard InChI is InChI=1S/C24H18N2O4/c27-21-13-16-12-20(24(30)26-18-9-5-2-6-10-18)22(28)14-15(16)11-19(21)23(29)25-17-7-3-1-4-8-17/h1-14,27-28H,(H,25,29)(H,26,30). The number of hydrogen-bond donors (Lipinski definition) is 4. The Morgan fingerprint density at radius 2 is 0.933 bits per heavy atom. The van der Waals surface area contributed by atoms with Gasteiger partial charge in [0.25, 0.3) is 11.8 Å². The van der Waals surface area contributed by atoms with Crippen LogP contribution in [0.5, 0.6) is 11.5 Å². The van der Waals surface area contributed by atoms with E-state index in [2.05, 4.69) is 10.6 Å². The summed E-state index contributed by atoms with van der Waals surface area (Å²) in [7, 11) is 0. The fraction of sp³-hybridized carbons (Fsp3) is 0. The van der Waals surface area contributed by atoms with E-state index in [1.807, 2.05) is 12.1 Å². The number of phenolic OH excluding ortho intramolecular Hbond substituents is 2. The summed E-state index contributed by atoms with van der Waals surface area (Å²) in [6.45, 7) is 0. The van der Waals surface area contributed by atoms with E-state index < -0.39 is 11.8 Å². The van der Waals surface area contributed by atoms with Crippen molar-refractivity contribution in [1.82, 2.24) is 0 Å². The molecule has 0 radical (unpaired) electrons. The zero-order valence-corrected chi connectivity index (χ0v) is 15.8. The maximum absolute atomic E-state index is 12.5. The molecule has 0 aromatic heterocycles. The lowest BCUT2D eigenvalue weighted by molar-refractivity contribution is 0.101. The van der Waals surface area contributed by atoms with Crippen molar-refractivity contribution >= 4 is 34.0 Å². The highest BCUT2D eigenvalue weighted by Crippen LogP contribution is 2.31. The van der Waals surface area contributed by atoms with Crippen LogP contribution in [0.1, 0.15) is 20.7 Å². The van der Waals surface area contributed by atoms with E-state index in [1.54, 1.807) is 48.5 Å². The first kappa shape index (κ1) is 19.0. The third-order valence-corrected chi connectivity index (χ3v) is 4.62. The van der Waals surface area contributed by atoms with Crippen molar-refractivity contribution in [2.75, 3.05) is 10.6 Å². The fourth-order valence-corrected chi connectivity index (χ4v) is 3.13. The van der Waals surface area contributed by atoms with Crippen LogP contribution in [-0.4, -0.2) is 22.0 Å². The molecule has 0 atom stereocenters. The number of benzene rings is 4. The summed E-state index contributed by atoms with van der Waals surface area (Å²) in [5, 5.41) is 27.2. The molecule has 4 rings (SSSR count). The van der Waals surface area contributed by atoms with Crippen molar-refractivity contribution in [2.45, 2.75) is 0 Å². The van der Waals surface area contributed by atoms with Crippen molar-refractivity contribution in [3.05, 3.63) is 96.1 Å². The van der Waals surface area contributed by atoms with Crippen LogP contribution in [0.3, 0.4) is 0 Å². The fourth-order valence-electron chi connectivity index (χ4n) is 3.13. The number of rotatable bonds is 4. The molecule has 0 saturated heterocycles. The Morgan fingerprint density at radius 3 is 1.30 bits per heavy atom. The topological polar surface area (TPSA) is 98.7 Å². The highest BCUT2D eigenvalue weighted by atomic mass is 16.3. The summed E-state index contributed by atoms with van der Waals surface area (Å²) in [4.78, 5) is 25.1. The van der Waals surface area contributed by atoms with Crippen LogP contribution in [0.25, 0.3) is 10.8 Å². The van der Waals surface area contributed by atoms with Gasteiger partial charge in [0.15, 0.2) is 0 Å². The smallest absolute Gasteiger partial charge is 0.259 e. The highest BCUT2D eigenvalue weighted by Gasteiger charge is 2.17. The summed E-state index contributed by atoms with van der Waals surface area (Å²) in [6.07, 6.45) is 0. The molecule has 148 valence electrons. The van der Waals surface area contributed by atoms with Crippen molar-refractivity contribution < 1.29 is 19.8 Å². The Hall–Kier alpha value is -4.32. The van der Waals surface area contributed by atoms with Crippen LogP contribution in [0.2, 0.25) is 0 Å². The number of hydrogen-bond acceptors (Lipinski definition) is 4. The van der Waals surface area contributed by atoms with Crippen molar-refractivity contribution in [2.24, 2.45) is 0 Å². The molecule has 2 amide bonds. The number of carbonyl (C=O) groups is 2. The van der Waals surface area contributed by atoms with Gasteiger partial charge in [-0.15, -0.1) is 0 Å². The van der Waals surface area contributed by atoms with E-state index in [1.165, 1.54) is 24.3 Å². The van der Waals surface area contributed by atoms with Crippen molar-refractivity contribution in [1.29, 1.82) is 0 Å². The Bertz CT molecular complexity index is 1140. The van der Waals surface area contributed by atoms with Gasteiger partial charge in [-0.1, -0.05) is 36.4 Å². The van der Waals surface area contributed by atoms with Crippen LogP contribution >= 0.6 is 0 Å². The van der Waals surface area contributed by atoms with Gasteiger partial charge in [-0.05, 0) is 59.3 Å². The van der Waals surface area contributed by atoms with Gasteiger partial charge in [0.05, 0.1) is 11.1 Å². The summed E-state index contributed by atoms with van der Waals surface area (Å²) in [6, 6.07) is 23.5. The SMILES string of the molecule is O=C(Nc1ccccc1)c1cc2cc(O)c(C(=O)Nc3ccccc3)cc2cc1O. The Balaban J connectivity index is 1.65. The monoisotopic (exact) mass is 398 g/mol. The lowest BCUT2D eigenvalue weighted by atomic mass is 10.0.